The van der Waals surface area contributed by atoms with E-state index >= 15 is 0 Å². The third kappa shape index (κ3) is 3.47. The number of thioether (sulfide) groups is 1. The maximum Gasteiger partial charge on any atom is 0.0664 e. The molecule has 1 aromatic carbocycles. The molecule has 2 unspecified atom stereocenters. The van der Waals surface area contributed by atoms with Gasteiger partial charge in [-0.3, -0.25) is 0 Å². The van der Waals surface area contributed by atoms with Crippen LogP contribution in [-0.2, 0) is 5.75 Å². The molecular formula is C14H21NOS. The van der Waals surface area contributed by atoms with E-state index in [0.717, 1.165) is 24.3 Å². The molecule has 0 amide bonds. The standard InChI is InChI=1S/C14H21NOS/c1-2-5-12(16)8-15-14-10-17-9-11-6-3-4-7-13(11)14/h3-4,6-7,12,14-16H,2,5,8-10H2,1H3. The highest BCUT2D eigenvalue weighted by Gasteiger charge is 2.20. The van der Waals surface area contributed by atoms with Crippen molar-refractivity contribution in [2.75, 3.05) is 12.3 Å². The minimum atomic E-state index is -0.209. The Balaban J connectivity index is 1.94. The Morgan fingerprint density at radius 3 is 3.12 bits per heavy atom. The van der Waals surface area contributed by atoms with Gasteiger partial charge in [0.15, 0.2) is 0 Å². The fourth-order valence-corrected chi connectivity index (χ4v) is 3.40. The van der Waals surface area contributed by atoms with E-state index in [9.17, 15) is 5.11 Å². The van der Waals surface area contributed by atoms with Crippen molar-refractivity contribution in [3.05, 3.63) is 35.4 Å². The van der Waals surface area contributed by atoms with Crippen LogP contribution in [0.2, 0.25) is 0 Å². The molecule has 0 spiro atoms. The van der Waals surface area contributed by atoms with Gasteiger partial charge in [0.25, 0.3) is 0 Å². The lowest BCUT2D eigenvalue weighted by Gasteiger charge is -2.27. The Bertz CT molecular complexity index is 356. The van der Waals surface area contributed by atoms with Crippen molar-refractivity contribution in [3.63, 3.8) is 0 Å². The van der Waals surface area contributed by atoms with Gasteiger partial charge in [0.05, 0.1) is 6.10 Å². The summed E-state index contributed by atoms with van der Waals surface area (Å²) < 4.78 is 0. The summed E-state index contributed by atoms with van der Waals surface area (Å²) in [5, 5.41) is 13.3. The molecule has 2 N–H and O–H groups in total. The van der Waals surface area contributed by atoms with Gasteiger partial charge in [-0.25, -0.2) is 0 Å². The van der Waals surface area contributed by atoms with Gasteiger partial charge in [0.1, 0.15) is 0 Å². The number of hydrogen-bond donors (Lipinski definition) is 2. The zero-order valence-electron chi connectivity index (χ0n) is 10.4. The molecule has 3 heteroatoms. The van der Waals surface area contributed by atoms with Crippen molar-refractivity contribution < 1.29 is 5.11 Å². The van der Waals surface area contributed by atoms with Crippen LogP contribution in [0.1, 0.15) is 36.9 Å². The highest BCUT2D eigenvalue weighted by molar-refractivity contribution is 7.98. The molecular weight excluding hydrogens is 230 g/mol. The maximum absolute atomic E-state index is 9.76. The van der Waals surface area contributed by atoms with Crippen molar-refractivity contribution in [2.24, 2.45) is 0 Å². The van der Waals surface area contributed by atoms with Crippen LogP contribution >= 0.6 is 11.8 Å². The second-order valence-electron chi connectivity index (χ2n) is 4.62. The number of fused-ring (bicyclic) bond motifs is 1. The Kier molecular flexibility index (Phi) is 4.89. The quantitative estimate of drug-likeness (QED) is 0.844. The third-order valence-electron chi connectivity index (χ3n) is 3.19. The van der Waals surface area contributed by atoms with E-state index in [1.54, 1.807) is 0 Å². The monoisotopic (exact) mass is 251 g/mol. The second-order valence-corrected chi connectivity index (χ2v) is 5.65. The molecule has 2 rings (SSSR count). The predicted molar refractivity (Wildman–Crippen MR) is 74.3 cm³/mol. The van der Waals surface area contributed by atoms with Gasteiger partial charge < -0.3 is 10.4 Å². The van der Waals surface area contributed by atoms with Crippen LogP contribution in [0.5, 0.6) is 0 Å². The zero-order chi connectivity index (χ0) is 12.1. The first-order valence-electron chi connectivity index (χ1n) is 6.38. The molecule has 0 radical (unpaired) electrons. The first kappa shape index (κ1) is 12.9. The Morgan fingerprint density at radius 1 is 1.47 bits per heavy atom. The maximum atomic E-state index is 9.76. The van der Waals surface area contributed by atoms with E-state index in [4.69, 9.17) is 0 Å². The lowest BCUT2D eigenvalue weighted by atomic mass is 10.0. The van der Waals surface area contributed by atoms with Gasteiger partial charge in [-0.15, -0.1) is 0 Å². The summed E-state index contributed by atoms with van der Waals surface area (Å²) in [5.74, 6) is 2.22. The van der Waals surface area contributed by atoms with Crippen LogP contribution in [0.15, 0.2) is 24.3 Å². The number of hydrogen-bond acceptors (Lipinski definition) is 3. The zero-order valence-corrected chi connectivity index (χ0v) is 11.2. The molecule has 2 atom stereocenters. The minimum Gasteiger partial charge on any atom is -0.392 e. The van der Waals surface area contributed by atoms with Gasteiger partial charge in [0, 0.05) is 24.1 Å². The van der Waals surface area contributed by atoms with E-state index in [0.29, 0.717) is 12.6 Å². The molecule has 1 aromatic rings. The Labute approximate surface area is 108 Å². The molecule has 17 heavy (non-hydrogen) atoms. The predicted octanol–water partition coefficient (Wildman–Crippen LogP) is 2.73. The third-order valence-corrected chi connectivity index (χ3v) is 4.28. The van der Waals surface area contributed by atoms with Crippen LogP contribution in [-0.4, -0.2) is 23.5 Å². The molecule has 1 aliphatic rings. The molecule has 0 saturated heterocycles. The van der Waals surface area contributed by atoms with E-state index in [1.807, 2.05) is 11.8 Å². The van der Waals surface area contributed by atoms with Gasteiger partial charge in [-0.2, -0.15) is 11.8 Å². The van der Waals surface area contributed by atoms with Crippen molar-refractivity contribution in [2.45, 2.75) is 37.7 Å². The van der Waals surface area contributed by atoms with Gasteiger partial charge >= 0.3 is 0 Å². The van der Waals surface area contributed by atoms with Crippen molar-refractivity contribution in [1.29, 1.82) is 0 Å². The van der Waals surface area contributed by atoms with E-state index in [2.05, 4.69) is 36.5 Å². The van der Waals surface area contributed by atoms with E-state index in [1.165, 1.54) is 11.1 Å². The summed E-state index contributed by atoms with van der Waals surface area (Å²) in [6.45, 7) is 2.81. The van der Waals surface area contributed by atoms with Gasteiger partial charge in [-0.05, 0) is 17.5 Å². The molecule has 0 bridgehead atoms. The van der Waals surface area contributed by atoms with Gasteiger partial charge in [0.2, 0.25) is 0 Å². The van der Waals surface area contributed by atoms with Crippen LogP contribution in [0, 0.1) is 0 Å². The molecule has 1 heterocycles. The molecule has 94 valence electrons. The van der Waals surface area contributed by atoms with Crippen molar-refractivity contribution in [1.82, 2.24) is 5.32 Å². The molecule has 0 saturated carbocycles. The molecule has 0 aliphatic carbocycles. The van der Waals surface area contributed by atoms with Crippen LogP contribution in [0.3, 0.4) is 0 Å². The van der Waals surface area contributed by atoms with E-state index < -0.39 is 0 Å². The number of benzene rings is 1. The lowest BCUT2D eigenvalue weighted by Crippen LogP contribution is -2.33. The van der Waals surface area contributed by atoms with Crippen LogP contribution < -0.4 is 5.32 Å². The first-order valence-corrected chi connectivity index (χ1v) is 7.53. The van der Waals surface area contributed by atoms with Crippen molar-refractivity contribution >= 4 is 11.8 Å². The smallest absolute Gasteiger partial charge is 0.0664 e. The lowest BCUT2D eigenvalue weighted by molar-refractivity contribution is 0.157. The highest BCUT2D eigenvalue weighted by atomic mass is 32.2. The Hall–Kier alpha value is -0.510. The second kappa shape index (κ2) is 6.43. The molecule has 1 aliphatic heterocycles. The topological polar surface area (TPSA) is 32.3 Å². The average Bonchev–Trinajstić information content (AvgIpc) is 2.36. The molecule has 2 nitrogen and oxygen atoms in total. The van der Waals surface area contributed by atoms with E-state index in [-0.39, 0.29) is 6.10 Å². The number of rotatable bonds is 5. The molecule has 0 fully saturated rings. The van der Waals surface area contributed by atoms with Gasteiger partial charge in [-0.1, -0.05) is 37.6 Å². The SMILES string of the molecule is CCCC(O)CNC1CSCc2ccccc21. The first-order chi connectivity index (χ1) is 8.31. The summed E-state index contributed by atoms with van der Waals surface area (Å²) in [6.07, 6.45) is 1.71. The minimum absolute atomic E-state index is 0.209. The summed E-state index contributed by atoms with van der Waals surface area (Å²) >= 11 is 1.97. The van der Waals surface area contributed by atoms with Crippen LogP contribution in [0.25, 0.3) is 0 Å². The number of nitrogens with one attached hydrogen (secondary N) is 1. The number of aliphatic hydroxyl groups is 1. The largest absolute Gasteiger partial charge is 0.392 e. The molecule has 0 aromatic heterocycles. The number of aliphatic hydroxyl groups excluding tert-OH is 1. The fourth-order valence-electron chi connectivity index (χ4n) is 2.26. The summed E-state index contributed by atoms with van der Waals surface area (Å²) in [6, 6.07) is 9.02. The summed E-state index contributed by atoms with van der Waals surface area (Å²) in [4.78, 5) is 0. The fraction of sp³-hybridized carbons (Fsp3) is 0.571. The average molecular weight is 251 g/mol. The highest BCUT2D eigenvalue weighted by Crippen LogP contribution is 2.31. The summed E-state index contributed by atoms with van der Waals surface area (Å²) in [5.41, 5.74) is 2.85. The normalized spacial score (nSPS) is 20.9. The van der Waals surface area contributed by atoms with Crippen LogP contribution in [0.4, 0.5) is 0 Å². The Morgan fingerprint density at radius 2 is 2.29 bits per heavy atom. The van der Waals surface area contributed by atoms with Crippen molar-refractivity contribution in [3.8, 4) is 0 Å². The summed E-state index contributed by atoms with van der Waals surface area (Å²) in [7, 11) is 0.